The molecule has 2 atom stereocenters. The Morgan fingerprint density at radius 2 is 1.95 bits per heavy atom. The highest BCUT2D eigenvalue weighted by atomic mass is 35.5. The van der Waals surface area contributed by atoms with Crippen LogP contribution in [0.15, 0.2) is 18.2 Å². The van der Waals surface area contributed by atoms with Crippen molar-refractivity contribution in [1.82, 2.24) is 14.9 Å². The maximum atomic E-state index is 11.5. The van der Waals surface area contributed by atoms with Gasteiger partial charge in [0.05, 0.1) is 17.2 Å². The number of carbonyl (C=O) groups is 1. The zero-order valence-corrected chi connectivity index (χ0v) is 23.6. The maximum absolute atomic E-state index is 11.5. The number of aryl methyl sites for hydroxylation is 2. The first-order valence-corrected chi connectivity index (χ1v) is 14.7. The van der Waals surface area contributed by atoms with Crippen molar-refractivity contribution in [3.05, 3.63) is 45.6 Å². The van der Waals surface area contributed by atoms with E-state index in [4.69, 9.17) is 21.6 Å². The third kappa shape index (κ3) is 4.77. The molecule has 2 saturated heterocycles. The lowest BCUT2D eigenvalue weighted by molar-refractivity contribution is -0.158. The second-order valence-electron chi connectivity index (χ2n) is 12.5. The van der Waals surface area contributed by atoms with Crippen LogP contribution in [0, 0.1) is 24.2 Å². The molecule has 7 nitrogen and oxygen atoms in total. The minimum Gasteiger partial charge on any atom is -0.481 e. The number of rotatable bonds is 7. The molecular weight excluding hydrogens is 498 g/mol. The average Bonchev–Trinajstić information content (AvgIpc) is 3.30. The fourth-order valence-electron chi connectivity index (χ4n) is 7.09. The van der Waals surface area contributed by atoms with Crippen LogP contribution in [0.1, 0.15) is 74.4 Å². The Morgan fingerprint density at radius 1 is 1.16 bits per heavy atom. The van der Waals surface area contributed by atoms with E-state index < -0.39 is 11.4 Å². The van der Waals surface area contributed by atoms with Crippen molar-refractivity contribution in [2.75, 3.05) is 36.4 Å². The van der Waals surface area contributed by atoms with Crippen molar-refractivity contribution in [3.63, 3.8) is 0 Å². The normalized spacial score (nSPS) is 28.4. The Balaban J connectivity index is 1.10. The molecule has 0 spiro atoms. The van der Waals surface area contributed by atoms with E-state index in [0.29, 0.717) is 17.9 Å². The van der Waals surface area contributed by atoms with Crippen LogP contribution in [-0.2, 0) is 17.6 Å². The van der Waals surface area contributed by atoms with Crippen LogP contribution < -0.4 is 10.2 Å². The fourth-order valence-corrected chi connectivity index (χ4v) is 7.49. The molecule has 2 N–H and O–H groups in total. The monoisotopic (exact) mass is 537 g/mol. The van der Waals surface area contributed by atoms with Crippen molar-refractivity contribution >= 4 is 29.3 Å². The smallest absolute Gasteiger partial charge is 0.309 e. The number of benzene rings is 1. The third-order valence-corrected chi connectivity index (χ3v) is 9.98. The van der Waals surface area contributed by atoms with E-state index in [1.807, 2.05) is 13.0 Å². The number of anilines is 2. The van der Waals surface area contributed by atoms with E-state index in [1.165, 1.54) is 24.1 Å². The average molecular weight is 538 g/mol. The fraction of sp³-hybridized carbons (Fsp3) is 0.633. The Morgan fingerprint density at radius 3 is 2.68 bits per heavy atom. The van der Waals surface area contributed by atoms with E-state index in [2.05, 4.69) is 41.1 Å². The first-order chi connectivity index (χ1) is 18.2. The van der Waals surface area contributed by atoms with Gasteiger partial charge in [-0.2, -0.15) is 4.98 Å². The standard InChI is InChI=1S/C30H40ClN5O2/c1-18-9-10-23(25(31)12-18)19(2)32-27-24-7-4-8-26(24)33-29(34-27)36-16-21(17-36)20-6-5-11-35(15-20)22-13-30(3,14-22)28(37)38/h9-10,12,19-22H,4-8,11,13-17H2,1-3H3,(H,37,38)(H,32,33,34)/t19-,20+,22-,30-/m1/s1. The summed E-state index contributed by atoms with van der Waals surface area (Å²) >= 11 is 6.57. The Kier molecular flexibility index (Phi) is 6.79. The minimum absolute atomic E-state index is 0.0578. The lowest BCUT2D eigenvalue weighted by atomic mass is 9.65. The lowest BCUT2D eigenvalue weighted by Gasteiger charge is -2.52. The first-order valence-electron chi connectivity index (χ1n) is 14.3. The second-order valence-corrected chi connectivity index (χ2v) is 12.9. The molecule has 0 unspecified atom stereocenters. The molecule has 4 aliphatic rings. The highest BCUT2D eigenvalue weighted by Gasteiger charge is 2.49. The van der Waals surface area contributed by atoms with Gasteiger partial charge >= 0.3 is 5.97 Å². The Hall–Kier alpha value is -2.38. The zero-order valence-electron chi connectivity index (χ0n) is 22.8. The molecule has 2 aromatic rings. The summed E-state index contributed by atoms with van der Waals surface area (Å²) in [5, 5.41) is 14.0. The van der Waals surface area contributed by atoms with Gasteiger partial charge < -0.3 is 20.2 Å². The summed E-state index contributed by atoms with van der Waals surface area (Å²) in [7, 11) is 0. The van der Waals surface area contributed by atoms with Crippen molar-refractivity contribution in [1.29, 1.82) is 0 Å². The van der Waals surface area contributed by atoms with Crippen LogP contribution in [0.3, 0.4) is 0 Å². The number of aliphatic carboxylic acids is 1. The molecule has 0 bridgehead atoms. The van der Waals surface area contributed by atoms with Gasteiger partial charge in [-0.1, -0.05) is 23.7 Å². The second kappa shape index (κ2) is 9.98. The predicted octanol–water partition coefficient (Wildman–Crippen LogP) is 5.50. The molecule has 2 aliphatic carbocycles. The summed E-state index contributed by atoms with van der Waals surface area (Å²) in [5.74, 6) is 2.51. The number of likely N-dealkylation sites (tertiary alicyclic amines) is 1. The number of nitrogens with zero attached hydrogens (tertiary/aromatic N) is 4. The molecule has 1 aromatic heterocycles. The number of hydrogen-bond acceptors (Lipinski definition) is 6. The predicted molar refractivity (Wildman–Crippen MR) is 151 cm³/mol. The van der Waals surface area contributed by atoms with Crippen molar-refractivity contribution in [3.8, 4) is 0 Å². The Labute approximate surface area is 231 Å². The first kappa shape index (κ1) is 25.9. The zero-order chi connectivity index (χ0) is 26.6. The van der Waals surface area contributed by atoms with Crippen LogP contribution >= 0.6 is 11.6 Å². The van der Waals surface area contributed by atoms with Gasteiger partial charge in [0.15, 0.2) is 0 Å². The molecule has 0 amide bonds. The van der Waals surface area contributed by atoms with Gasteiger partial charge in [-0.3, -0.25) is 4.79 Å². The number of fused-ring (bicyclic) bond motifs is 1. The molecule has 2 aliphatic heterocycles. The van der Waals surface area contributed by atoms with Gasteiger partial charge in [0.25, 0.3) is 0 Å². The minimum atomic E-state index is -0.642. The molecule has 8 heteroatoms. The van der Waals surface area contributed by atoms with Crippen molar-refractivity contribution < 1.29 is 9.90 Å². The largest absolute Gasteiger partial charge is 0.481 e. The summed E-state index contributed by atoms with van der Waals surface area (Å²) in [5.41, 5.74) is 4.18. The highest BCUT2D eigenvalue weighted by molar-refractivity contribution is 6.31. The topological polar surface area (TPSA) is 81.6 Å². The number of nitrogens with one attached hydrogen (secondary N) is 1. The SMILES string of the molecule is Cc1ccc([C@@H](C)Nc2nc(N3CC([C@H]4CCCN([C@H]5C[C@](C)(C(=O)O)C5)C4)C3)nc3c2CCC3)c(Cl)c1. The molecular formula is C30H40ClN5O2. The van der Waals surface area contributed by atoms with Crippen LogP contribution in [0.5, 0.6) is 0 Å². The molecule has 204 valence electrons. The van der Waals surface area contributed by atoms with Crippen molar-refractivity contribution in [2.24, 2.45) is 17.3 Å². The van der Waals surface area contributed by atoms with Crippen LogP contribution in [-0.4, -0.2) is 58.2 Å². The molecule has 3 fully saturated rings. The van der Waals surface area contributed by atoms with E-state index >= 15 is 0 Å². The number of piperidine rings is 1. The summed E-state index contributed by atoms with van der Waals surface area (Å²) in [6.45, 7) is 10.3. The van der Waals surface area contributed by atoms with Crippen LogP contribution in [0.2, 0.25) is 5.02 Å². The summed E-state index contributed by atoms with van der Waals surface area (Å²) in [6.07, 6.45) is 7.23. The van der Waals surface area contributed by atoms with Crippen molar-refractivity contribution in [2.45, 2.75) is 77.8 Å². The number of aromatic nitrogens is 2. The van der Waals surface area contributed by atoms with Gasteiger partial charge in [0.1, 0.15) is 5.82 Å². The summed E-state index contributed by atoms with van der Waals surface area (Å²) in [4.78, 5) is 26.5. The molecule has 1 aromatic carbocycles. The lowest BCUT2D eigenvalue weighted by Crippen LogP contribution is -2.58. The highest BCUT2D eigenvalue weighted by Crippen LogP contribution is 2.45. The Bertz CT molecular complexity index is 1220. The van der Waals surface area contributed by atoms with Gasteiger partial charge in [-0.05, 0) is 101 Å². The molecule has 6 rings (SSSR count). The van der Waals surface area contributed by atoms with E-state index in [1.54, 1.807) is 0 Å². The van der Waals surface area contributed by atoms with E-state index in [0.717, 1.165) is 86.2 Å². The van der Waals surface area contributed by atoms with E-state index in [9.17, 15) is 9.90 Å². The summed E-state index contributed by atoms with van der Waals surface area (Å²) in [6, 6.07) is 6.73. The quantitative estimate of drug-likeness (QED) is 0.482. The number of halogens is 1. The number of carboxylic acids is 1. The molecule has 38 heavy (non-hydrogen) atoms. The number of hydrogen-bond donors (Lipinski definition) is 2. The van der Waals surface area contributed by atoms with Gasteiger partial charge in [0, 0.05) is 36.3 Å². The van der Waals surface area contributed by atoms with Crippen LogP contribution in [0.4, 0.5) is 11.8 Å². The molecule has 0 radical (unpaired) electrons. The number of carboxylic acid groups (broad SMARTS) is 1. The third-order valence-electron chi connectivity index (χ3n) is 9.65. The van der Waals surface area contributed by atoms with Gasteiger partial charge in [0.2, 0.25) is 5.95 Å². The van der Waals surface area contributed by atoms with E-state index in [-0.39, 0.29) is 6.04 Å². The van der Waals surface area contributed by atoms with Gasteiger partial charge in [-0.15, -0.1) is 0 Å². The summed E-state index contributed by atoms with van der Waals surface area (Å²) < 4.78 is 0. The maximum Gasteiger partial charge on any atom is 0.309 e. The molecule has 3 heterocycles. The van der Waals surface area contributed by atoms with Gasteiger partial charge in [-0.25, -0.2) is 4.98 Å². The molecule has 1 saturated carbocycles. The van der Waals surface area contributed by atoms with Crippen LogP contribution in [0.25, 0.3) is 0 Å².